The van der Waals surface area contributed by atoms with Crippen molar-refractivity contribution < 1.29 is 5.11 Å². The molecule has 0 fully saturated rings. The van der Waals surface area contributed by atoms with Gasteiger partial charge in [0.15, 0.2) is 0 Å². The van der Waals surface area contributed by atoms with Gasteiger partial charge in [0.05, 0.1) is 0 Å². The Morgan fingerprint density at radius 3 is 2.38 bits per heavy atom. The van der Waals surface area contributed by atoms with E-state index in [4.69, 9.17) is 5.11 Å². The smallest absolute Gasteiger partial charge is 0.0431 e. The molecule has 1 N–H and O–H groups in total. The van der Waals surface area contributed by atoms with Crippen LogP contribution < -0.4 is 0 Å². The molecule has 0 amide bonds. The second-order valence-corrected chi connectivity index (χ2v) is 3.55. The summed E-state index contributed by atoms with van der Waals surface area (Å²) in [6.45, 7) is 4.78. The molecule has 0 aromatic carbocycles. The summed E-state index contributed by atoms with van der Waals surface area (Å²) < 4.78 is 0. The summed E-state index contributed by atoms with van der Waals surface area (Å²) in [5.74, 6) is 0. The number of aliphatic hydroxyl groups excluding tert-OH is 1. The molecule has 0 unspecified atom stereocenters. The van der Waals surface area contributed by atoms with Gasteiger partial charge in [-0.15, -0.1) is 0 Å². The van der Waals surface area contributed by atoms with E-state index in [1.807, 2.05) is 0 Å². The van der Waals surface area contributed by atoms with Crippen LogP contribution in [0.1, 0.15) is 58.8 Å². The number of allylic oxidation sites excluding steroid dienone is 2. The van der Waals surface area contributed by atoms with Gasteiger partial charge in [0.1, 0.15) is 0 Å². The van der Waals surface area contributed by atoms with Gasteiger partial charge >= 0.3 is 0 Å². The molecule has 0 spiro atoms. The Morgan fingerprint density at radius 2 is 1.85 bits per heavy atom. The lowest BCUT2D eigenvalue weighted by Gasteiger charge is -2.05. The summed E-state index contributed by atoms with van der Waals surface area (Å²) in [6.07, 6.45) is 10.7. The molecule has 0 aliphatic rings. The quantitative estimate of drug-likeness (QED) is 0.451. The van der Waals surface area contributed by atoms with Crippen LogP contribution in [0.3, 0.4) is 0 Å². The van der Waals surface area contributed by atoms with Crippen LogP contribution in [0.25, 0.3) is 0 Å². The van der Waals surface area contributed by atoms with Gasteiger partial charge in [0.25, 0.3) is 0 Å². The maximum atomic E-state index is 8.62. The van der Waals surface area contributed by atoms with E-state index in [1.54, 1.807) is 5.57 Å². The molecule has 0 aliphatic carbocycles. The lowest BCUT2D eigenvalue weighted by atomic mass is 10.0. The van der Waals surface area contributed by atoms with Gasteiger partial charge < -0.3 is 5.11 Å². The number of rotatable bonds is 8. The van der Waals surface area contributed by atoms with E-state index < -0.39 is 0 Å². The van der Waals surface area contributed by atoms with E-state index in [2.05, 4.69) is 19.9 Å². The second kappa shape index (κ2) is 9.79. The third-order valence-electron chi connectivity index (χ3n) is 2.22. The molecular weight excluding hydrogens is 160 g/mol. The average molecular weight is 184 g/mol. The zero-order chi connectivity index (χ0) is 9.94. The zero-order valence-electron chi connectivity index (χ0n) is 9.18. The highest BCUT2D eigenvalue weighted by Crippen LogP contribution is 2.14. The fourth-order valence-electron chi connectivity index (χ4n) is 1.58. The summed E-state index contributed by atoms with van der Waals surface area (Å²) in [7, 11) is 0. The Labute approximate surface area is 82.9 Å². The Kier molecular flexibility index (Phi) is 9.56. The predicted molar refractivity (Wildman–Crippen MR) is 58.8 cm³/mol. The van der Waals surface area contributed by atoms with E-state index in [9.17, 15) is 0 Å². The molecule has 0 saturated carbocycles. The molecule has 0 aromatic rings. The Balaban J connectivity index is 3.51. The molecule has 1 nitrogen and oxygen atoms in total. The summed E-state index contributed by atoms with van der Waals surface area (Å²) in [6, 6.07) is 0. The monoisotopic (exact) mass is 184 g/mol. The van der Waals surface area contributed by atoms with Crippen molar-refractivity contribution in [3.8, 4) is 0 Å². The maximum Gasteiger partial charge on any atom is 0.0431 e. The molecule has 0 radical (unpaired) electrons. The van der Waals surface area contributed by atoms with Crippen LogP contribution in [-0.4, -0.2) is 11.7 Å². The van der Waals surface area contributed by atoms with E-state index in [0.717, 1.165) is 12.8 Å². The summed E-state index contributed by atoms with van der Waals surface area (Å²) in [4.78, 5) is 0. The Bertz CT molecular complexity index is 127. The van der Waals surface area contributed by atoms with E-state index >= 15 is 0 Å². The van der Waals surface area contributed by atoms with Crippen LogP contribution in [0, 0.1) is 0 Å². The van der Waals surface area contributed by atoms with Gasteiger partial charge in [0, 0.05) is 6.61 Å². The first-order valence-corrected chi connectivity index (χ1v) is 5.63. The molecule has 0 saturated heterocycles. The third kappa shape index (κ3) is 8.04. The largest absolute Gasteiger partial charge is 0.396 e. The van der Waals surface area contributed by atoms with Crippen LogP contribution in [0.4, 0.5) is 0 Å². The highest BCUT2D eigenvalue weighted by atomic mass is 16.2. The first kappa shape index (κ1) is 12.7. The molecule has 13 heavy (non-hydrogen) atoms. The highest BCUT2D eigenvalue weighted by molar-refractivity contribution is 5.01. The highest BCUT2D eigenvalue weighted by Gasteiger charge is 1.95. The van der Waals surface area contributed by atoms with E-state index in [0.29, 0.717) is 6.61 Å². The first-order valence-electron chi connectivity index (χ1n) is 5.63. The number of hydrogen-bond acceptors (Lipinski definition) is 1. The minimum Gasteiger partial charge on any atom is -0.396 e. The van der Waals surface area contributed by atoms with Crippen molar-refractivity contribution >= 4 is 0 Å². The van der Waals surface area contributed by atoms with Crippen molar-refractivity contribution in [1.29, 1.82) is 0 Å². The number of unbranched alkanes of at least 4 members (excludes halogenated alkanes) is 2. The summed E-state index contributed by atoms with van der Waals surface area (Å²) in [5.41, 5.74) is 1.61. The average Bonchev–Trinajstić information content (AvgIpc) is 2.13. The van der Waals surface area contributed by atoms with Crippen molar-refractivity contribution in [2.45, 2.75) is 58.8 Å². The van der Waals surface area contributed by atoms with Crippen LogP contribution in [-0.2, 0) is 0 Å². The standard InChI is InChI=1S/C12H24O/c1-3-8-12(9-4-2)10-6-5-7-11-13/h8,13H,3-7,9-11H2,1-2H3/b12-8+. The lowest BCUT2D eigenvalue weighted by molar-refractivity contribution is 0.283. The molecule has 0 bridgehead atoms. The Morgan fingerprint density at radius 1 is 1.08 bits per heavy atom. The molecule has 0 heterocycles. The predicted octanol–water partition coefficient (Wildman–Crippen LogP) is 3.68. The molecule has 0 rings (SSSR count). The maximum absolute atomic E-state index is 8.62. The van der Waals surface area contributed by atoms with Crippen molar-refractivity contribution in [1.82, 2.24) is 0 Å². The van der Waals surface area contributed by atoms with Gasteiger partial charge in [-0.1, -0.05) is 38.3 Å². The number of aliphatic hydroxyl groups is 1. The van der Waals surface area contributed by atoms with E-state index in [1.165, 1.54) is 32.1 Å². The van der Waals surface area contributed by atoms with Gasteiger partial charge in [-0.25, -0.2) is 0 Å². The van der Waals surface area contributed by atoms with Crippen molar-refractivity contribution in [3.05, 3.63) is 11.6 Å². The SMILES string of the molecule is CC/C=C(\CCC)CCCCCO. The van der Waals surface area contributed by atoms with Crippen molar-refractivity contribution in [2.24, 2.45) is 0 Å². The van der Waals surface area contributed by atoms with Gasteiger partial charge in [-0.2, -0.15) is 0 Å². The lowest BCUT2D eigenvalue weighted by Crippen LogP contribution is -1.87. The van der Waals surface area contributed by atoms with Gasteiger partial charge in [0.2, 0.25) is 0 Å². The normalized spacial score (nSPS) is 12.1. The number of hydrogen-bond donors (Lipinski definition) is 1. The summed E-state index contributed by atoms with van der Waals surface area (Å²) >= 11 is 0. The van der Waals surface area contributed by atoms with Gasteiger partial charge in [-0.05, 0) is 32.1 Å². The molecule has 0 aliphatic heterocycles. The minimum absolute atomic E-state index is 0.348. The minimum atomic E-state index is 0.348. The Hall–Kier alpha value is -0.300. The van der Waals surface area contributed by atoms with Crippen molar-refractivity contribution in [2.75, 3.05) is 6.61 Å². The fourth-order valence-corrected chi connectivity index (χ4v) is 1.58. The van der Waals surface area contributed by atoms with Crippen LogP contribution in [0.15, 0.2) is 11.6 Å². The molecular formula is C12H24O. The second-order valence-electron chi connectivity index (χ2n) is 3.55. The van der Waals surface area contributed by atoms with Crippen molar-refractivity contribution in [3.63, 3.8) is 0 Å². The first-order chi connectivity index (χ1) is 6.35. The van der Waals surface area contributed by atoms with Crippen LogP contribution >= 0.6 is 0 Å². The van der Waals surface area contributed by atoms with Crippen LogP contribution in [0.5, 0.6) is 0 Å². The molecule has 78 valence electrons. The molecule has 1 heteroatoms. The molecule has 0 atom stereocenters. The third-order valence-corrected chi connectivity index (χ3v) is 2.22. The van der Waals surface area contributed by atoms with Gasteiger partial charge in [-0.3, -0.25) is 0 Å². The molecule has 0 aromatic heterocycles. The van der Waals surface area contributed by atoms with E-state index in [-0.39, 0.29) is 0 Å². The fraction of sp³-hybridized carbons (Fsp3) is 0.833. The van der Waals surface area contributed by atoms with Crippen LogP contribution in [0.2, 0.25) is 0 Å². The topological polar surface area (TPSA) is 20.2 Å². The summed E-state index contributed by atoms with van der Waals surface area (Å²) in [5, 5.41) is 8.62. The zero-order valence-corrected chi connectivity index (χ0v) is 9.18.